The third-order valence-corrected chi connectivity index (χ3v) is 3.81. The molecule has 27 heavy (non-hydrogen) atoms. The van der Waals surface area contributed by atoms with E-state index in [2.05, 4.69) is 16.0 Å². The van der Waals surface area contributed by atoms with Gasteiger partial charge in [-0.1, -0.05) is 25.1 Å². The predicted octanol–water partition coefficient (Wildman–Crippen LogP) is 4.45. The molecule has 0 aliphatic rings. The Morgan fingerprint density at radius 3 is 2.56 bits per heavy atom. The van der Waals surface area contributed by atoms with Crippen molar-refractivity contribution in [3.05, 3.63) is 53.6 Å². The molecule has 6 nitrogen and oxygen atoms in total. The summed E-state index contributed by atoms with van der Waals surface area (Å²) < 4.78 is 5.66. The Morgan fingerprint density at radius 2 is 1.85 bits per heavy atom. The van der Waals surface area contributed by atoms with Gasteiger partial charge in [0.05, 0.1) is 6.10 Å². The third-order valence-electron chi connectivity index (χ3n) is 3.81. The zero-order chi connectivity index (χ0) is 19.8. The van der Waals surface area contributed by atoms with Crippen LogP contribution in [0.1, 0.15) is 38.3 Å². The Kier molecular flexibility index (Phi) is 7.23. The second-order valence-corrected chi connectivity index (χ2v) is 6.55. The minimum absolute atomic E-state index is 0.0715. The molecular weight excluding hydrogens is 342 g/mol. The highest BCUT2D eigenvalue weighted by molar-refractivity contribution is 5.94. The summed E-state index contributed by atoms with van der Waals surface area (Å²) in [6, 6.07) is 12.7. The summed E-state index contributed by atoms with van der Waals surface area (Å²) in [6.45, 7) is 8.01. The molecule has 0 aliphatic heterocycles. The molecule has 0 aliphatic carbocycles. The Hall–Kier alpha value is -3.02. The van der Waals surface area contributed by atoms with Gasteiger partial charge >= 0.3 is 6.03 Å². The van der Waals surface area contributed by atoms with Gasteiger partial charge in [0.15, 0.2) is 0 Å². The summed E-state index contributed by atoms with van der Waals surface area (Å²) in [5, 5.41) is 8.45. The zero-order valence-electron chi connectivity index (χ0n) is 16.3. The molecule has 6 heteroatoms. The average Bonchev–Trinajstić information content (AvgIpc) is 2.62. The van der Waals surface area contributed by atoms with Gasteiger partial charge in [0.2, 0.25) is 5.91 Å². The monoisotopic (exact) mass is 369 g/mol. The van der Waals surface area contributed by atoms with E-state index in [1.54, 1.807) is 13.0 Å². The number of hydrogen-bond donors (Lipinski definition) is 3. The number of urea groups is 1. The average molecular weight is 369 g/mol. The lowest BCUT2D eigenvalue weighted by Gasteiger charge is -2.13. The Morgan fingerprint density at radius 1 is 1.07 bits per heavy atom. The highest BCUT2D eigenvalue weighted by Gasteiger charge is 2.07. The van der Waals surface area contributed by atoms with Crippen molar-refractivity contribution >= 4 is 23.3 Å². The Balaban J connectivity index is 1.95. The second-order valence-electron chi connectivity index (χ2n) is 6.55. The van der Waals surface area contributed by atoms with Gasteiger partial charge in [0.25, 0.3) is 0 Å². The first kappa shape index (κ1) is 20.3. The first-order valence-electron chi connectivity index (χ1n) is 9.08. The third kappa shape index (κ3) is 6.66. The highest BCUT2D eigenvalue weighted by atomic mass is 16.5. The van der Waals surface area contributed by atoms with Gasteiger partial charge in [0, 0.05) is 24.3 Å². The normalized spacial score (nSPS) is 10.4. The lowest BCUT2D eigenvalue weighted by Crippen LogP contribution is -2.28. The summed E-state index contributed by atoms with van der Waals surface area (Å²) >= 11 is 0. The van der Waals surface area contributed by atoms with Crippen LogP contribution in [0.4, 0.5) is 16.2 Å². The van der Waals surface area contributed by atoms with Crippen molar-refractivity contribution in [2.24, 2.45) is 0 Å². The molecule has 0 saturated heterocycles. The SMILES string of the molecule is CCC(=O)Nc1ccc(C)c(NC(=O)NCc2cccc(OC(C)C)c2)c1. The van der Waals surface area contributed by atoms with Crippen LogP contribution in [0, 0.1) is 6.92 Å². The number of carbonyl (C=O) groups excluding carboxylic acids is 2. The number of nitrogens with one attached hydrogen (secondary N) is 3. The van der Waals surface area contributed by atoms with Crippen LogP contribution in [-0.2, 0) is 11.3 Å². The molecule has 0 unspecified atom stereocenters. The number of benzene rings is 2. The van der Waals surface area contributed by atoms with Crippen molar-refractivity contribution in [2.75, 3.05) is 10.6 Å². The molecule has 2 rings (SSSR count). The molecule has 0 aromatic heterocycles. The molecule has 0 bridgehead atoms. The molecule has 0 spiro atoms. The van der Waals surface area contributed by atoms with Crippen LogP contribution in [0.5, 0.6) is 5.75 Å². The minimum atomic E-state index is -0.313. The van der Waals surface area contributed by atoms with Crippen LogP contribution in [0.25, 0.3) is 0 Å². The van der Waals surface area contributed by atoms with Crippen molar-refractivity contribution in [3.63, 3.8) is 0 Å². The van der Waals surface area contributed by atoms with Crippen molar-refractivity contribution in [1.82, 2.24) is 5.32 Å². The van der Waals surface area contributed by atoms with E-state index in [4.69, 9.17) is 4.74 Å². The molecule has 2 aromatic rings. The largest absolute Gasteiger partial charge is 0.491 e. The number of hydrogen-bond acceptors (Lipinski definition) is 3. The molecule has 3 amide bonds. The molecule has 0 radical (unpaired) electrons. The number of rotatable bonds is 7. The van der Waals surface area contributed by atoms with E-state index in [-0.39, 0.29) is 18.0 Å². The maximum atomic E-state index is 12.2. The maximum Gasteiger partial charge on any atom is 0.319 e. The Bertz CT molecular complexity index is 803. The van der Waals surface area contributed by atoms with Crippen LogP contribution in [0.3, 0.4) is 0 Å². The van der Waals surface area contributed by atoms with Crippen molar-refractivity contribution < 1.29 is 14.3 Å². The number of anilines is 2. The summed E-state index contributed by atoms with van der Waals surface area (Å²) in [7, 11) is 0. The fourth-order valence-electron chi connectivity index (χ4n) is 2.43. The molecule has 144 valence electrons. The summed E-state index contributed by atoms with van der Waals surface area (Å²) in [5.74, 6) is 0.706. The van der Waals surface area contributed by atoms with Crippen molar-refractivity contribution in [1.29, 1.82) is 0 Å². The van der Waals surface area contributed by atoms with Gasteiger partial charge in [-0.2, -0.15) is 0 Å². The molecule has 0 fully saturated rings. The first-order valence-corrected chi connectivity index (χ1v) is 9.08. The summed E-state index contributed by atoms with van der Waals surface area (Å²) in [5.41, 5.74) is 3.16. The summed E-state index contributed by atoms with van der Waals surface area (Å²) in [4.78, 5) is 23.8. The molecule has 0 atom stereocenters. The van der Waals surface area contributed by atoms with Crippen LogP contribution in [0.2, 0.25) is 0 Å². The van der Waals surface area contributed by atoms with Crippen LogP contribution < -0.4 is 20.7 Å². The number of ether oxygens (including phenoxy) is 1. The van der Waals surface area contributed by atoms with E-state index in [1.807, 2.05) is 57.2 Å². The molecule has 3 N–H and O–H groups in total. The maximum absolute atomic E-state index is 12.2. The highest BCUT2D eigenvalue weighted by Crippen LogP contribution is 2.20. The number of carbonyl (C=O) groups is 2. The number of amides is 3. The fraction of sp³-hybridized carbons (Fsp3) is 0.333. The van der Waals surface area contributed by atoms with E-state index in [0.717, 1.165) is 16.9 Å². The van der Waals surface area contributed by atoms with E-state index >= 15 is 0 Å². The zero-order valence-corrected chi connectivity index (χ0v) is 16.3. The minimum Gasteiger partial charge on any atom is -0.491 e. The first-order chi connectivity index (χ1) is 12.9. The van der Waals surface area contributed by atoms with E-state index < -0.39 is 0 Å². The lowest BCUT2D eigenvalue weighted by molar-refractivity contribution is -0.115. The van der Waals surface area contributed by atoms with Crippen LogP contribution >= 0.6 is 0 Å². The topological polar surface area (TPSA) is 79.5 Å². The van der Waals surface area contributed by atoms with Gasteiger partial charge in [-0.3, -0.25) is 4.79 Å². The summed E-state index contributed by atoms with van der Waals surface area (Å²) in [6.07, 6.45) is 0.497. The quantitative estimate of drug-likeness (QED) is 0.674. The van der Waals surface area contributed by atoms with E-state index in [1.165, 1.54) is 0 Å². The molecule has 2 aromatic carbocycles. The van der Waals surface area contributed by atoms with Gasteiger partial charge in [-0.25, -0.2) is 4.79 Å². The van der Waals surface area contributed by atoms with Crippen LogP contribution in [-0.4, -0.2) is 18.0 Å². The smallest absolute Gasteiger partial charge is 0.319 e. The van der Waals surface area contributed by atoms with Gasteiger partial charge in [-0.05, 0) is 56.2 Å². The predicted molar refractivity (Wildman–Crippen MR) is 108 cm³/mol. The number of aryl methyl sites for hydroxylation is 1. The molecular formula is C21H27N3O3. The fourth-order valence-corrected chi connectivity index (χ4v) is 2.43. The lowest BCUT2D eigenvalue weighted by atomic mass is 10.1. The standard InChI is InChI=1S/C21H27N3O3/c1-5-20(25)23-17-10-9-15(4)19(12-17)24-21(26)22-13-16-7-6-8-18(11-16)27-14(2)3/h6-12,14H,5,13H2,1-4H3,(H,23,25)(H2,22,24,26). The van der Waals surface area contributed by atoms with E-state index in [9.17, 15) is 9.59 Å². The molecule has 0 saturated carbocycles. The van der Waals surface area contributed by atoms with Gasteiger partial charge in [-0.15, -0.1) is 0 Å². The van der Waals surface area contributed by atoms with Crippen molar-refractivity contribution in [2.45, 2.75) is 46.8 Å². The molecule has 0 heterocycles. The Labute approximate surface area is 160 Å². The second kappa shape index (κ2) is 9.62. The van der Waals surface area contributed by atoms with Crippen molar-refractivity contribution in [3.8, 4) is 5.75 Å². The van der Waals surface area contributed by atoms with Crippen LogP contribution in [0.15, 0.2) is 42.5 Å². The van der Waals surface area contributed by atoms with Gasteiger partial charge in [0.1, 0.15) is 5.75 Å². The van der Waals surface area contributed by atoms with Gasteiger partial charge < -0.3 is 20.7 Å². The van der Waals surface area contributed by atoms with E-state index in [0.29, 0.717) is 24.3 Å².